The fourth-order valence-corrected chi connectivity index (χ4v) is 2.99. The summed E-state index contributed by atoms with van der Waals surface area (Å²) in [5.41, 5.74) is 1.93. The summed E-state index contributed by atoms with van der Waals surface area (Å²) < 4.78 is 4.58. The van der Waals surface area contributed by atoms with Crippen molar-refractivity contribution in [3.05, 3.63) is 41.5 Å². The van der Waals surface area contributed by atoms with Gasteiger partial charge in [-0.15, -0.1) is 0 Å². The predicted molar refractivity (Wildman–Crippen MR) is 110 cm³/mol. The van der Waals surface area contributed by atoms with Crippen LogP contribution in [0.15, 0.2) is 30.3 Å². The molecule has 0 heterocycles. The Labute approximate surface area is 164 Å². The Morgan fingerprint density at radius 2 is 1.67 bits per heavy atom. The van der Waals surface area contributed by atoms with Crippen LogP contribution in [0.4, 0.5) is 0 Å². The van der Waals surface area contributed by atoms with Gasteiger partial charge in [0.1, 0.15) is 0 Å². The van der Waals surface area contributed by atoms with Gasteiger partial charge in [0, 0.05) is 6.42 Å². The molecule has 2 atom stereocenters. The largest absolute Gasteiger partial charge is 0.469 e. The van der Waals surface area contributed by atoms with E-state index in [2.05, 4.69) is 11.7 Å². The van der Waals surface area contributed by atoms with Gasteiger partial charge < -0.3 is 14.9 Å². The van der Waals surface area contributed by atoms with Crippen molar-refractivity contribution in [3.8, 4) is 0 Å². The van der Waals surface area contributed by atoms with Crippen LogP contribution in [-0.4, -0.2) is 29.4 Å². The number of aliphatic hydroxyl groups excluding tert-OH is 2. The molecule has 27 heavy (non-hydrogen) atoms. The molecule has 0 aliphatic carbocycles. The molecule has 2 N–H and O–H groups in total. The third kappa shape index (κ3) is 10.9. The molecular formula is C23H36O4. The lowest BCUT2D eigenvalue weighted by Crippen LogP contribution is -2.05. The van der Waals surface area contributed by atoms with Gasteiger partial charge in [-0.3, -0.25) is 4.79 Å². The highest BCUT2D eigenvalue weighted by Crippen LogP contribution is 2.21. The molecule has 4 nitrogen and oxygen atoms in total. The predicted octanol–water partition coefficient (Wildman–Crippen LogP) is 5.19. The summed E-state index contributed by atoms with van der Waals surface area (Å²) >= 11 is 0. The molecule has 152 valence electrons. The molecule has 0 aliphatic heterocycles. The minimum atomic E-state index is -0.576. The average molecular weight is 377 g/mol. The van der Waals surface area contributed by atoms with E-state index in [0.29, 0.717) is 19.3 Å². The second-order valence-electron chi connectivity index (χ2n) is 7.13. The Balaban J connectivity index is 2.32. The van der Waals surface area contributed by atoms with Crippen LogP contribution in [0.25, 0.3) is 6.08 Å². The van der Waals surface area contributed by atoms with Gasteiger partial charge in [-0.2, -0.15) is 0 Å². The minimum absolute atomic E-state index is 0.249. The Kier molecular flexibility index (Phi) is 12.5. The zero-order valence-electron chi connectivity index (χ0n) is 16.9. The van der Waals surface area contributed by atoms with Crippen LogP contribution >= 0.6 is 0 Å². The maximum Gasteiger partial charge on any atom is 0.305 e. The zero-order valence-corrected chi connectivity index (χ0v) is 16.9. The average Bonchev–Trinajstić information content (AvgIpc) is 2.69. The van der Waals surface area contributed by atoms with Crippen LogP contribution in [-0.2, 0) is 9.53 Å². The standard InChI is InChI=1S/C23H36O4/c1-3-4-5-6-7-8-11-22(25)20-16-13-19(14-17-20)15-18-21(24)10-9-12-23(26)27-2/h13-18,21-22,24-25H,3-12H2,1-2H3/b18-15-. The van der Waals surface area contributed by atoms with E-state index in [1.807, 2.05) is 30.3 Å². The monoisotopic (exact) mass is 376 g/mol. The highest BCUT2D eigenvalue weighted by atomic mass is 16.5. The fraction of sp³-hybridized carbons (Fsp3) is 0.609. The summed E-state index contributed by atoms with van der Waals surface area (Å²) in [7, 11) is 1.37. The molecule has 1 aromatic rings. The molecule has 0 aromatic heterocycles. The van der Waals surface area contributed by atoms with E-state index >= 15 is 0 Å². The lowest BCUT2D eigenvalue weighted by molar-refractivity contribution is -0.140. The fourth-order valence-electron chi connectivity index (χ4n) is 2.99. The van der Waals surface area contributed by atoms with Crippen LogP contribution in [0.2, 0.25) is 0 Å². The number of aliphatic hydroxyl groups is 2. The van der Waals surface area contributed by atoms with Crippen molar-refractivity contribution in [1.29, 1.82) is 0 Å². The first-order valence-corrected chi connectivity index (χ1v) is 10.3. The molecule has 1 rings (SSSR count). The van der Waals surface area contributed by atoms with Crippen LogP contribution < -0.4 is 0 Å². The molecule has 1 aromatic carbocycles. The first-order valence-electron chi connectivity index (χ1n) is 10.3. The van der Waals surface area contributed by atoms with Gasteiger partial charge in [0.05, 0.1) is 19.3 Å². The molecule has 0 spiro atoms. The van der Waals surface area contributed by atoms with Crippen LogP contribution in [0, 0.1) is 0 Å². The third-order valence-corrected chi connectivity index (χ3v) is 4.77. The van der Waals surface area contributed by atoms with Gasteiger partial charge in [0.15, 0.2) is 0 Å². The smallest absolute Gasteiger partial charge is 0.305 e. The SMILES string of the molecule is CCCCCCCCC(O)c1ccc(/C=C\C(O)CCCC(=O)OC)cc1. The van der Waals surface area contributed by atoms with E-state index in [1.165, 1.54) is 39.2 Å². The van der Waals surface area contributed by atoms with Crippen LogP contribution in [0.5, 0.6) is 0 Å². The Hall–Kier alpha value is -1.65. The number of carbonyl (C=O) groups excluding carboxylic acids is 1. The molecule has 2 unspecified atom stereocenters. The number of methoxy groups -OCH3 is 1. The minimum Gasteiger partial charge on any atom is -0.469 e. The maximum atomic E-state index is 11.0. The molecular weight excluding hydrogens is 340 g/mol. The lowest BCUT2D eigenvalue weighted by Gasteiger charge is -2.11. The van der Waals surface area contributed by atoms with E-state index in [0.717, 1.165) is 24.0 Å². The topological polar surface area (TPSA) is 66.8 Å². The van der Waals surface area contributed by atoms with Crippen molar-refractivity contribution < 1.29 is 19.7 Å². The Bertz CT molecular complexity index is 536. The van der Waals surface area contributed by atoms with Crippen LogP contribution in [0.1, 0.15) is 88.4 Å². The van der Waals surface area contributed by atoms with Crippen molar-refractivity contribution in [2.24, 2.45) is 0 Å². The maximum absolute atomic E-state index is 11.0. The Morgan fingerprint density at radius 3 is 2.33 bits per heavy atom. The normalized spacial score (nSPS) is 13.6. The molecule has 0 saturated heterocycles. The summed E-state index contributed by atoms with van der Waals surface area (Å²) in [5.74, 6) is -0.249. The summed E-state index contributed by atoms with van der Waals surface area (Å²) in [6.45, 7) is 2.22. The highest BCUT2D eigenvalue weighted by Gasteiger charge is 2.07. The quantitative estimate of drug-likeness (QED) is 0.346. The number of rotatable bonds is 14. The van der Waals surface area contributed by atoms with E-state index in [1.54, 1.807) is 6.08 Å². The molecule has 4 heteroatoms. The van der Waals surface area contributed by atoms with E-state index < -0.39 is 12.2 Å². The van der Waals surface area contributed by atoms with Gasteiger partial charge in [0.2, 0.25) is 0 Å². The van der Waals surface area contributed by atoms with Crippen LogP contribution in [0.3, 0.4) is 0 Å². The summed E-state index contributed by atoms with van der Waals surface area (Å²) in [6.07, 6.45) is 12.2. The van der Waals surface area contributed by atoms with Crippen molar-refractivity contribution >= 4 is 12.0 Å². The summed E-state index contributed by atoms with van der Waals surface area (Å²) in [6, 6.07) is 7.81. The molecule has 0 amide bonds. The van der Waals surface area contributed by atoms with E-state index in [4.69, 9.17) is 0 Å². The summed E-state index contributed by atoms with van der Waals surface area (Å²) in [4.78, 5) is 11.0. The molecule has 0 radical (unpaired) electrons. The van der Waals surface area contributed by atoms with Crippen molar-refractivity contribution in [2.75, 3.05) is 7.11 Å². The van der Waals surface area contributed by atoms with Crippen molar-refractivity contribution in [3.63, 3.8) is 0 Å². The van der Waals surface area contributed by atoms with Gasteiger partial charge in [0.25, 0.3) is 0 Å². The number of ether oxygens (including phenoxy) is 1. The first kappa shape index (κ1) is 23.4. The van der Waals surface area contributed by atoms with E-state index in [-0.39, 0.29) is 5.97 Å². The number of unbranched alkanes of at least 4 members (excludes halogenated alkanes) is 5. The second-order valence-corrected chi connectivity index (χ2v) is 7.13. The zero-order chi connectivity index (χ0) is 19.9. The number of benzene rings is 1. The van der Waals surface area contributed by atoms with Crippen molar-refractivity contribution in [2.45, 2.75) is 83.3 Å². The van der Waals surface area contributed by atoms with Gasteiger partial charge in [-0.1, -0.05) is 81.9 Å². The van der Waals surface area contributed by atoms with E-state index in [9.17, 15) is 15.0 Å². The number of carbonyl (C=O) groups is 1. The lowest BCUT2D eigenvalue weighted by atomic mass is 10.0. The van der Waals surface area contributed by atoms with Gasteiger partial charge in [-0.05, 0) is 30.4 Å². The van der Waals surface area contributed by atoms with Gasteiger partial charge >= 0.3 is 5.97 Å². The molecule has 0 bridgehead atoms. The molecule has 0 fully saturated rings. The second kappa shape index (κ2) is 14.4. The van der Waals surface area contributed by atoms with Crippen molar-refractivity contribution in [1.82, 2.24) is 0 Å². The number of hydrogen-bond donors (Lipinski definition) is 2. The number of esters is 1. The number of hydrogen-bond acceptors (Lipinski definition) is 4. The van der Waals surface area contributed by atoms with Gasteiger partial charge in [-0.25, -0.2) is 0 Å². The summed E-state index contributed by atoms with van der Waals surface area (Å²) in [5, 5.41) is 20.2. The molecule has 0 saturated carbocycles. The first-order chi connectivity index (χ1) is 13.1. The Morgan fingerprint density at radius 1 is 1.00 bits per heavy atom. The molecule has 0 aliphatic rings. The highest BCUT2D eigenvalue weighted by molar-refractivity contribution is 5.69. The third-order valence-electron chi connectivity index (χ3n) is 4.77.